The fourth-order valence-electron chi connectivity index (χ4n) is 1.79. The highest BCUT2D eigenvalue weighted by Crippen LogP contribution is 2.09. The fraction of sp³-hybridized carbons (Fsp3) is 0.125. The van der Waals surface area contributed by atoms with Crippen LogP contribution in [0.1, 0.15) is 27.2 Å². The molecule has 0 bridgehead atoms. The standard InChI is InChI=1S/C16H16N2O3/c1-11-5-3-4-6-13(11)7-8-15(19)17-18-16(20)14-9-10-21-12(14)2/h3-10H,1-2H3,(H,17,19)(H,18,20). The van der Waals surface area contributed by atoms with Crippen molar-refractivity contribution in [3.63, 3.8) is 0 Å². The molecule has 0 spiro atoms. The van der Waals surface area contributed by atoms with E-state index in [0.717, 1.165) is 11.1 Å². The molecular formula is C16H16N2O3. The summed E-state index contributed by atoms with van der Waals surface area (Å²) in [4.78, 5) is 23.4. The normalized spacial score (nSPS) is 10.6. The zero-order valence-corrected chi connectivity index (χ0v) is 11.8. The van der Waals surface area contributed by atoms with Crippen LogP contribution < -0.4 is 10.9 Å². The Bertz CT molecular complexity index is 686. The second kappa shape index (κ2) is 6.56. The van der Waals surface area contributed by atoms with Gasteiger partial charge in [0.15, 0.2) is 0 Å². The highest BCUT2D eigenvalue weighted by Gasteiger charge is 2.11. The first-order chi connectivity index (χ1) is 10.1. The van der Waals surface area contributed by atoms with E-state index in [-0.39, 0.29) is 0 Å². The minimum absolute atomic E-state index is 0.387. The van der Waals surface area contributed by atoms with Gasteiger partial charge in [-0.05, 0) is 37.1 Å². The first kappa shape index (κ1) is 14.6. The van der Waals surface area contributed by atoms with Crippen LogP contribution in [0.2, 0.25) is 0 Å². The van der Waals surface area contributed by atoms with Crippen molar-refractivity contribution in [3.8, 4) is 0 Å². The number of nitrogens with one attached hydrogen (secondary N) is 2. The maximum absolute atomic E-state index is 11.7. The SMILES string of the molecule is Cc1ccccc1C=CC(=O)NNC(=O)c1ccoc1C. The van der Waals surface area contributed by atoms with Crippen LogP contribution in [0.25, 0.3) is 6.08 Å². The molecule has 0 atom stereocenters. The first-order valence-electron chi connectivity index (χ1n) is 6.46. The Balaban J connectivity index is 1.90. The predicted octanol–water partition coefficient (Wildman–Crippen LogP) is 2.37. The molecule has 2 N–H and O–H groups in total. The number of aryl methyl sites for hydroxylation is 2. The van der Waals surface area contributed by atoms with Gasteiger partial charge in [-0.15, -0.1) is 0 Å². The topological polar surface area (TPSA) is 71.3 Å². The first-order valence-corrected chi connectivity index (χ1v) is 6.46. The number of hydrogen-bond acceptors (Lipinski definition) is 3. The summed E-state index contributed by atoms with van der Waals surface area (Å²) in [6.45, 7) is 3.63. The highest BCUT2D eigenvalue weighted by atomic mass is 16.3. The van der Waals surface area contributed by atoms with Crippen molar-refractivity contribution in [1.29, 1.82) is 0 Å². The molecule has 0 unspecified atom stereocenters. The van der Waals surface area contributed by atoms with Gasteiger partial charge in [0, 0.05) is 6.08 Å². The maximum atomic E-state index is 11.7. The fourth-order valence-corrected chi connectivity index (χ4v) is 1.79. The predicted molar refractivity (Wildman–Crippen MR) is 79.3 cm³/mol. The molecular weight excluding hydrogens is 268 g/mol. The molecule has 1 heterocycles. The number of carbonyl (C=O) groups excluding carboxylic acids is 2. The molecule has 2 rings (SSSR count). The summed E-state index contributed by atoms with van der Waals surface area (Å²) in [5, 5.41) is 0. The van der Waals surface area contributed by atoms with Crippen molar-refractivity contribution in [2.45, 2.75) is 13.8 Å². The van der Waals surface area contributed by atoms with E-state index in [1.807, 2.05) is 31.2 Å². The molecule has 0 aliphatic rings. The maximum Gasteiger partial charge on any atom is 0.273 e. The van der Waals surface area contributed by atoms with Crippen LogP contribution in [0, 0.1) is 13.8 Å². The van der Waals surface area contributed by atoms with E-state index in [1.165, 1.54) is 12.3 Å². The highest BCUT2D eigenvalue weighted by molar-refractivity contribution is 5.98. The molecule has 0 aliphatic heterocycles. The van der Waals surface area contributed by atoms with Gasteiger partial charge in [0.1, 0.15) is 5.76 Å². The molecule has 0 saturated carbocycles. The Hall–Kier alpha value is -2.82. The number of hydrazine groups is 1. The van der Waals surface area contributed by atoms with E-state index in [4.69, 9.17) is 4.42 Å². The summed E-state index contributed by atoms with van der Waals surface area (Å²) in [6.07, 6.45) is 4.48. The molecule has 1 aromatic carbocycles. The molecule has 2 amide bonds. The van der Waals surface area contributed by atoms with Crippen molar-refractivity contribution < 1.29 is 14.0 Å². The Morgan fingerprint density at radius 1 is 1.10 bits per heavy atom. The van der Waals surface area contributed by atoms with Crippen LogP contribution in [0.4, 0.5) is 0 Å². The van der Waals surface area contributed by atoms with Gasteiger partial charge in [-0.25, -0.2) is 0 Å². The van der Waals surface area contributed by atoms with Crippen LogP contribution in [0.3, 0.4) is 0 Å². The van der Waals surface area contributed by atoms with Gasteiger partial charge in [0.05, 0.1) is 11.8 Å². The number of rotatable bonds is 3. The lowest BCUT2D eigenvalue weighted by Crippen LogP contribution is -2.40. The third-order valence-electron chi connectivity index (χ3n) is 3.01. The smallest absolute Gasteiger partial charge is 0.273 e. The van der Waals surface area contributed by atoms with Crippen molar-refractivity contribution in [3.05, 3.63) is 65.1 Å². The molecule has 0 aliphatic carbocycles. The molecule has 2 aromatic rings. The number of carbonyl (C=O) groups is 2. The van der Waals surface area contributed by atoms with Crippen LogP contribution in [0.5, 0.6) is 0 Å². The Morgan fingerprint density at radius 3 is 2.52 bits per heavy atom. The van der Waals surface area contributed by atoms with Gasteiger partial charge < -0.3 is 4.42 Å². The zero-order valence-electron chi connectivity index (χ0n) is 11.8. The summed E-state index contributed by atoms with van der Waals surface area (Å²) >= 11 is 0. The number of benzene rings is 1. The summed E-state index contributed by atoms with van der Waals surface area (Å²) in [6, 6.07) is 9.24. The zero-order chi connectivity index (χ0) is 15.2. The van der Waals surface area contributed by atoms with Gasteiger partial charge in [-0.2, -0.15) is 0 Å². The van der Waals surface area contributed by atoms with E-state index in [0.29, 0.717) is 11.3 Å². The lowest BCUT2D eigenvalue weighted by Gasteiger charge is -2.04. The largest absolute Gasteiger partial charge is 0.469 e. The molecule has 0 saturated heterocycles. The van der Waals surface area contributed by atoms with Crippen LogP contribution in [-0.4, -0.2) is 11.8 Å². The van der Waals surface area contributed by atoms with E-state index >= 15 is 0 Å². The van der Waals surface area contributed by atoms with Gasteiger partial charge in [0.2, 0.25) is 0 Å². The molecule has 1 aromatic heterocycles. The number of hydrogen-bond donors (Lipinski definition) is 2. The lowest BCUT2D eigenvalue weighted by molar-refractivity contribution is -0.117. The lowest BCUT2D eigenvalue weighted by atomic mass is 10.1. The van der Waals surface area contributed by atoms with E-state index < -0.39 is 11.8 Å². The summed E-state index contributed by atoms with van der Waals surface area (Å²) in [7, 11) is 0. The minimum atomic E-state index is -0.418. The Labute approximate surface area is 122 Å². The molecule has 0 fully saturated rings. The van der Waals surface area contributed by atoms with Crippen LogP contribution in [0.15, 0.2) is 47.1 Å². The third-order valence-corrected chi connectivity index (χ3v) is 3.01. The van der Waals surface area contributed by atoms with Gasteiger partial charge in [0.25, 0.3) is 11.8 Å². The summed E-state index contributed by atoms with van der Waals surface area (Å²) in [5.74, 6) is -0.330. The Kier molecular flexibility index (Phi) is 4.56. The monoisotopic (exact) mass is 284 g/mol. The van der Waals surface area contributed by atoms with Gasteiger partial charge in [-0.1, -0.05) is 24.3 Å². The van der Waals surface area contributed by atoms with Gasteiger partial charge in [-0.3, -0.25) is 20.4 Å². The second-order valence-electron chi connectivity index (χ2n) is 4.52. The average molecular weight is 284 g/mol. The second-order valence-corrected chi connectivity index (χ2v) is 4.52. The van der Waals surface area contributed by atoms with E-state index in [2.05, 4.69) is 10.9 Å². The van der Waals surface area contributed by atoms with Crippen LogP contribution in [-0.2, 0) is 4.79 Å². The molecule has 0 radical (unpaired) electrons. The van der Waals surface area contributed by atoms with E-state index in [1.54, 1.807) is 19.1 Å². The number of amides is 2. The Morgan fingerprint density at radius 2 is 1.86 bits per heavy atom. The van der Waals surface area contributed by atoms with Gasteiger partial charge >= 0.3 is 0 Å². The van der Waals surface area contributed by atoms with Crippen LogP contribution >= 0.6 is 0 Å². The van der Waals surface area contributed by atoms with Crippen molar-refractivity contribution >= 4 is 17.9 Å². The summed E-state index contributed by atoms with van der Waals surface area (Å²) < 4.78 is 5.02. The van der Waals surface area contributed by atoms with Crippen molar-refractivity contribution in [2.24, 2.45) is 0 Å². The average Bonchev–Trinajstić information content (AvgIpc) is 2.90. The number of furan rings is 1. The molecule has 21 heavy (non-hydrogen) atoms. The quantitative estimate of drug-likeness (QED) is 0.671. The molecule has 5 nitrogen and oxygen atoms in total. The molecule has 5 heteroatoms. The minimum Gasteiger partial charge on any atom is -0.469 e. The third kappa shape index (κ3) is 3.82. The molecule has 108 valence electrons. The van der Waals surface area contributed by atoms with Crippen molar-refractivity contribution in [1.82, 2.24) is 10.9 Å². The summed E-state index contributed by atoms with van der Waals surface area (Å²) in [5.41, 5.74) is 7.05. The van der Waals surface area contributed by atoms with Crippen molar-refractivity contribution in [2.75, 3.05) is 0 Å². The van der Waals surface area contributed by atoms with E-state index in [9.17, 15) is 9.59 Å².